The highest BCUT2D eigenvalue weighted by Gasteiger charge is 2.16. The first kappa shape index (κ1) is 17.8. The number of aromatic amines is 1. The van der Waals surface area contributed by atoms with E-state index < -0.39 is 0 Å². The van der Waals surface area contributed by atoms with Crippen molar-refractivity contribution >= 4 is 11.2 Å². The summed E-state index contributed by atoms with van der Waals surface area (Å²) in [7, 11) is 3.83. The molecule has 7 nitrogen and oxygen atoms in total. The number of aromatic nitrogens is 3. The lowest BCUT2D eigenvalue weighted by atomic mass is 10.2. The molecule has 1 fully saturated rings. The summed E-state index contributed by atoms with van der Waals surface area (Å²) in [5.41, 5.74) is 2.52. The topological polar surface area (TPSA) is 66.5 Å². The summed E-state index contributed by atoms with van der Waals surface area (Å²) < 4.78 is 11.5. The molecule has 1 aromatic carbocycles. The molecular formula is C20H25N5O2. The highest BCUT2D eigenvalue weighted by Crippen LogP contribution is 2.32. The highest BCUT2D eigenvalue weighted by atomic mass is 16.5. The number of H-pyrrole nitrogens is 1. The molecule has 3 aromatic rings. The molecule has 0 atom stereocenters. The number of ether oxygens (including phenoxy) is 2. The number of imidazole rings is 1. The number of rotatable bonds is 6. The monoisotopic (exact) mass is 367 g/mol. The van der Waals surface area contributed by atoms with Gasteiger partial charge in [0.05, 0.1) is 18.2 Å². The van der Waals surface area contributed by atoms with Gasteiger partial charge in [-0.3, -0.25) is 4.90 Å². The molecule has 0 radical (unpaired) electrons. The van der Waals surface area contributed by atoms with Gasteiger partial charge < -0.3 is 19.4 Å². The molecular weight excluding hydrogens is 342 g/mol. The summed E-state index contributed by atoms with van der Waals surface area (Å²) in [6.45, 7) is 5.92. The van der Waals surface area contributed by atoms with Crippen LogP contribution < -0.4 is 9.47 Å². The molecule has 1 aliphatic rings. The van der Waals surface area contributed by atoms with Crippen molar-refractivity contribution in [2.75, 3.05) is 53.5 Å². The number of methoxy groups -OCH3 is 1. The number of hydrogen-bond donors (Lipinski definition) is 1. The maximum atomic E-state index is 6.14. The Bertz CT molecular complexity index is 869. The van der Waals surface area contributed by atoms with Gasteiger partial charge in [0, 0.05) is 45.0 Å². The smallest absolute Gasteiger partial charge is 0.178 e. The molecule has 4 rings (SSSR count). The largest absolute Gasteiger partial charge is 0.497 e. The van der Waals surface area contributed by atoms with Gasteiger partial charge >= 0.3 is 0 Å². The molecule has 0 aliphatic carbocycles. The molecule has 1 N–H and O–H groups in total. The number of nitrogens with one attached hydrogen (secondary N) is 1. The second kappa shape index (κ2) is 7.94. The maximum Gasteiger partial charge on any atom is 0.178 e. The van der Waals surface area contributed by atoms with Crippen LogP contribution in [0.4, 0.5) is 0 Å². The number of fused-ring (bicyclic) bond motifs is 1. The first-order valence-corrected chi connectivity index (χ1v) is 9.26. The Labute approximate surface area is 158 Å². The Balaban J connectivity index is 1.51. The Morgan fingerprint density at radius 3 is 2.78 bits per heavy atom. The maximum absolute atomic E-state index is 6.14. The van der Waals surface area contributed by atoms with Crippen molar-refractivity contribution in [3.63, 3.8) is 0 Å². The Kier molecular flexibility index (Phi) is 5.22. The van der Waals surface area contributed by atoms with Crippen molar-refractivity contribution < 1.29 is 9.47 Å². The highest BCUT2D eigenvalue weighted by molar-refractivity contribution is 5.77. The fraction of sp³-hybridized carbons (Fsp3) is 0.400. The minimum absolute atomic E-state index is 0.627. The number of pyridine rings is 1. The molecule has 142 valence electrons. The summed E-state index contributed by atoms with van der Waals surface area (Å²) in [5, 5.41) is 0. The molecule has 27 heavy (non-hydrogen) atoms. The van der Waals surface area contributed by atoms with Crippen LogP contribution in [0.25, 0.3) is 22.6 Å². The SMILES string of the molecule is COc1ccc(-c2nc3ncccc3[nH]2)c(OCCN2CCN(C)CC2)c1. The molecule has 1 saturated heterocycles. The van der Waals surface area contributed by atoms with E-state index in [-0.39, 0.29) is 0 Å². The van der Waals surface area contributed by atoms with Crippen molar-refractivity contribution in [3.05, 3.63) is 36.5 Å². The van der Waals surface area contributed by atoms with Crippen LogP contribution in [0.5, 0.6) is 11.5 Å². The third kappa shape index (κ3) is 4.04. The summed E-state index contributed by atoms with van der Waals surface area (Å²) >= 11 is 0. The lowest BCUT2D eigenvalue weighted by molar-refractivity contribution is 0.134. The molecule has 0 bridgehead atoms. The van der Waals surface area contributed by atoms with E-state index in [4.69, 9.17) is 9.47 Å². The van der Waals surface area contributed by atoms with Gasteiger partial charge in [-0.25, -0.2) is 9.97 Å². The summed E-state index contributed by atoms with van der Waals surface area (Å²) in [4.78, 5) is 17.0. The fourth-order valence-corrected chi connectivity index (χ4v) is 3.27. The van der Waals surface area contributed by atoms with E-state index in [9.17, 15) is 0 Å². The van der Waals surface area contributed by atoms with Gasteiger partial charge in [0.2, 0.25) is 0 Å². The number of piperazine rings is 1. The molecule has 3 heterocycles. The van der Waals surface area contributed by atoms with Crippen LogP contribution in [-0.4, -0.2) is 78.2 Å². The zero-order valence-corrected chi connectivity index (χ0v) is 15.8. The van der Waals surface area contributed by atoms with Crippen LogP contribution in [0.15, 0.2) is 36.5 Å². The molecule has 0 spiro atoms. The van der Waals surface area contributed by atoms with Gasteiger partial charge in [0.25, 0.3) is 0 Å². The van der Waals surface area contributed by atoms with E-state index in [1.807, 2.05) is 30.3 Å². The average molecular weight is 367 g/mol. The Morgan fingerprint density at radius 1 is 1.15 bits per heavy atom. The van der Waals surface area contributed by atoms with Crippen molar-refractivity contribution in [2.24, 2.45) is 0 Å². The molecule has 7 heteroatoms. The van der Waals surface area contributed by atoms with E-state index in [1.54, 1.807) is 13.3 Å². The number of nitrogens with zero attached hydrogens (tertiary/aromatic N) is 4. The molecule has 2 aromatic heterocycles. The van der Waals surface area contributed by atoms with Crippen LogP contribution in [0.1, 0.15) is 0 Å². The third-order valence-electron chi connectivity index (χ3n) is 4.96. The lowest BCUT2D eigenvalue weighted by Gasteiger charge is -2.32. The predicted molar refractivity (Wildman–Crippen MR) is 105 cm³/mol. The average Bonchev–Trinajstić information content (AvgIpc) is 3.13. The summed E-state index contributed by atoms with van der Waals surface area (Å²) in [6.07, 6.45) is 1.74. The van der Waals surface area contributed by atoms with Gasteiger partial charge in [-0.1, -0.05) is 0 Å². The summed E-state index contributed by atoms with van der Waals surface area (Å²) in [6, 6.07) is 9.67. The van der Waals surface area contributed by atoms with E-state index in [2.05, 4.69) is 31.8 Å². The first-order valence-electron chi connectivity index (χ1n) is 9.26. The van der Waals surface area contributed by atoms with Crippen LogP contribution in [0.3, 0.4) is 0 Å². The predicted octanol–water partition coefficient (Wildman–Crippen LogP) is 2.26. The van der Waals surface area contributed by atoms with Crippen molar-refractivity contribution in [2.45, 2.75) is 0 Å². The number of hydrogen-bond acceptors (Lipinski definition) is 6. The van der Waals surface area contributed by atoms with Gasteiger partial charge in [-0.15, -0.1) is 0 Å². The Hall–Kier alpha value is -2.64. The van der Waals surface area contributed by atoms with Crippen molar-refractivity contribution in [1.29, 1.82) is 0 Å². The number of benzene rings is 1. The quantitative estimate of drug-likeness (QED) is 0.721. The fourth-order valence-electron chi connectivity index (χ4n) is 3.27. The van der Waals surface area contributed by atoms with Crippen molar-refractivity contribution in [3.8, 4) is 22.9 Å². The zero-order valence-electron chi connectivity index (χ0n) is 15.8. The standard InChI is InChI=1S/C20H25N5O2/c1-24-8-10-25(11-9-24)12-13-27-18-14-15(26-2)5-6-16(18)19-22-17-4-3-7-21-20(17)23-19/h3-7,14H,8-13H2,1-2H3,(H,21,22,23). The first-order chi connectivity index (χ1) is 13.2. The van der Waals surface area contributed by atoms with Crippen LogP contribution >= 0.6 is 0 Å². The second-order valence-electron chi connectivity index (χ2n) is 6.82. The zero-order chi connectivity index (χ0) is 18.6. The van der Waals surface area contributed by atoms with E-state index >= 15 is 0 Å². The van der Waals surface area contributed by atoms with Crippen LogP contribution in [0, 0.1) is 0 Å². The van der Waals surface area contributed by atoms with E-state index in [0.717, 1.165) is 61.1 Å². The lowest BCUT2D eigenvalue weighted by Crippen LogP contribution is -2.45. The van der Waals surface area contributed by atoms with Gasteiger partial charge in [-0.05, 0) is 31.3 Å². The third-order valence-corrected chi connectivity index (χ3v) is 4.96. The van der Waals surface area contributed by atoms with E-state index in [0.29, 0.717) is 12.3 Å². The molecule has 0 amide bonds. The summed E-state index contributed by atoms with van der Waals surface area (Å²) in [5.74, 6) is 2.28. The Morgan fingerprint density at radius 2 is 2.00 bits per heavy atom. The van der Waals surface area contributed by atoms with Crippen LogP contribution in [0.2, 0.25) is 0 Å². The minimum Gasteiger partial charge on any atom is -0.497 e. The molecule has 0 unspecified atom stereocenters. The molecule has 1 aliphatic heterocycles. The van der Waals surface area contributed by atoms with E-state index in [1.165, 1.54) is 0 Å². The minimum atomic E-state index is 0.627. The van der Waals surface area contributed by atoms with Crippen molar-refractivity contribution in [1.82, 2.24) is 24.8 Å². The van der Waals surface area contributed by atoms with Gasteiger partial charge in [-0.2, -0.15) is 0 Å². The molecule has 0 saturated carbocycles. The van der Waals surface area contributed by atoms with Crippen LogP contribution in [-0.2, 0) is 0 Å². The van der Waals surface area contributed by atoms with Gasteiger partial charge in [0.1, 0.15) is 23.9 Å². The number of likely N-dealkylation sites (N-methyl/N-ethyl adjacent to an activating group) is 1. The second-order valence-corrected chi connectivity index (χ2v) is 6.82. The normalized spacial score (nSPS) is 15.9. The van der Waals surface area contributed by atoms with Gasteiger partial charge in [0.15, 0.2) is 5.65 Å².